The number of ether oxygens (including phenoxy) is 2. The molecule has 26 heavy (non-hydrogen) atoms. The molecular formula is C20H22N2O4. The van der Waals surface area contributed by atoms with Crippen molar-refractivity contribution in [3.8, 4) is 11.5 Å². The molecule has 1 unspecified atom stereocenters. The van der Waals surface area contributed by atoms with E-state index in [0.29, 0.717) is 31.1 Å². The van der Waals surface area contributed by atoms with Crippen molar-refractivity contribution in [2.45, 2.75) is 19.1 Å². The van der Waals surface area contributed by atoms with Crippen LogP contribution in [0.15, 0.2) is 54.6 Å². The van der Waals surface area contributed by atoms with Gasteiger partial charge in [0.05, 0.1) is 6.04 Å². The summed E-state index contributed by atoms with van der Waals surface area (Å²) in [6, 6.07) is 16.9. The van der Waals surface area contributed by atoms with Crippen molar-refractivity contribution in [1.82, 2.24) is 10.2 Å². The van der Waals surface area contributed by atoms with Gasteiger partial charge in [-0.05, 0) is 17.7 Å². The molecule has 0 aromatic heterocycles. The lowest BCUT2D eigenvalue weighted by atomic mass is 10.2. The smallest absolute Gasteiger partial charge is 0.258 e. The van der Waals surface area contributed by atoms with E-state index in [1.807, 2.05) is 42.5 Å². The lowest BCUT2D eigenvalue weighted by Crippen LogP contribution is -2.39. The average molecular weight is 354 g/mol. The van der Waals surface area contributed by atoms with E-state index in [1.54, 1.807) is 24.1 Å². The fraction of sp³-hybridized carbons (Fsp3) is 0.300. The fourth-order valence-corrected chi connectivity index (χ4v) is 2.80. The molecule has 2 aromatic carbocycles. The molecule has 0 bridgehead atoms. The Labute approximate surface area is 152 Å². The zero-order valence-corrected chi connectivity index (χ0v) is 14.7. The summed E-state index contributed by atoms with van der Waals surface area (Å²) in [6.45, 7) is 0.825. The molecule has 0 saturated carbocycles. The van der Waals surface area contributed by atoms with Crippen molar-refractivity contribution in [1.29, 1.82) is 0 Å². The highest BCUT2D eigenvalue weighted by Gasteiger charge is 2.27. The predicted molar refractivity (Wildman–Crippen MR) is 96.9 cm³/mol. The zero-order valence-electron chi connectivity index (χ0n) is 14.7. The number of amides is 2. The minimum Gasteiger partial charge on any atom is -0.485 e. The lowest BCUT2D eigenvalue weighted by molar-refractivity contribution is -0.126. The first-order valence-electron chi connectivity index (χ1n) is 8.53. The van der Waals surface area contributed by atoms with Crippen molar-refractivity contribution in [2.75, 3.05) is 20.2 Å². The number of para-hydroxylation sites is 2. The van der Waals surface area contributed by atoms with Crippen LogP contribution in [0.4, 0.5) is 0 Å². The number of likely N-dealkylation sites (tertiary alicyclic amines) is 1. The van der Waals surface area contributed by atoms with E-state index in [4.69, 9.17) is 9.47 Å². The number of nitrogens with one attached hydrogen (secondary N) is 1. The molecule has 1 saturated heterocycles. The summed E-state index contributed by atoms with van der Waals surface area (Å²) in [4.78, 5) is 25.2. The van der Waals surface area contributed by atoms with Crippen LogP contribution in [0.2, 0.25) is 0 Å². The third-order valence-corrected chi connectivity index (χ3v) is 4.15. The minimum atomic E-state index is -0.254. The molecule has 1 atom stereocenters. The maximum absolute atomic E-state index is 12.1. The second-order valence-electron chi connectivity index (χ2n) is 6.25. The Kier molecular flexibility index (Phi) is 5.73. The molecule has 1 N–H and O–H groups in total. The quantitative estimate of drug-likeness (QED) is 0.826. The molecule has 6 heteroatoms. The molecule has 1 fully saturated rings. The molecule has 2 amide bonds. The van der Waals surface area contributed by atoms with Crippen LogP contribution in [0.1, 0.15) is 12.0 Å². The molecule has 6 nitrogen and oxygen atoms in total. The Morgan fingerprint density at radius 2 is 1.73 bits per heavy atom. The van der Waals surface area contributed by atoms with Crippen molar-refractivity contribution in [2.24, 2.45) is 0 Å². The van der Waals surface area contributed by atoms with Gasteiger partial charge in [0, 0.05) is 20.0 Å². The van der Waals surface area contributed by atoms with E-state index in [1.165, 1.54) is 0 Å². The Morgan fingerprint density at radius 3 is 2.38 bits per heavy atom. The van der Waals surface area contributed by atoms with E-state index < -0.39 is 0 Å². The molecule has 1 aliphatic rings. The first-order valence-corrected chi connectivity index (χ1v) is 8.53. The Hall–Kier alpha value is -3.02. The highest BCUT2D eigenvalue weighted by molar-refractivity contribution is 5.82. The van der Waals surface area contributed by atoms with Gasteiger partial charge in [0.1, 0.15) is 6.61 Å². The van der Waals surface area contributed by atoms with Gasteiger partial charge in [-0.25, -0.2) is 0 Å². The largest absolute Gasteiger partial charge is 0.485 e. The first kappa shape index (κ1) is 17.8. The van der Waals surface area contributed by atoms with Crippen LogP contribution in [-0.4, -0.2) is 43.0 Å². The molecular weight excluding hydrogens is 332 g/mol. The highest BCUT2D eigenvalue weighted by Crippen LogP contribution is 2.27. The van der Waals surface area contributed by atoms with Gasteiger partial charge in [-0.2, -0.15) is 0 Å². The normalized spacial score (nSPS) is 16.4. The number of hydrogen-bond donors (Lipinski definition) is 1. The van der Waals surface area contributed by atoms with Gasteiger partial charge < -0.3 is 19.7 Å². The van der Waals surface area contributed by atoms with Crippen LogP contribution >= 0.6 is 0 Å². The van der Waals surface area contributed by atoms with Crippen LogP contribution in [0.3, 0.4) is 0 Å². The number of benzene rings is 2. The summed E-state index contributed by atoms with van der Waals surface area (Å²) >= 11 is 0. The Balaban J connectivity index is 1.51. The maximum Gasteiger partial charge on any atom is 0.258 e. The predicted octanol–water partition coefficient (Wildman–Crippen LogP) is 1.99. The standard InChI is InChI=1S/C20H22N2O4/c1-22-12-16(11-20(22)24)21-19(23)14-26-18-10-6-5-9-17(18)25-13-15-7-3-2-4-8-15/h2-10,16H,11-14H2,1H3,(H,21,23). The summed E-state index contributed by atoms with van der Waals surface area (Å²) in [6.07, 6.45) is 0.332. The number of carbonyl (C=O) groups is 2. The van der Waals surface area contributed by atoms with Gasteiger partial charge in [-0.1, -0.05) is 42.5 Å². The van der Waals surface area contributed by atoms with Gasteiger partial charge >= 0.3 is 0 Å². The SMILES string of the molecule is CN1CC(NC(=O)COc2ccccc2OCc2ccccc2)CC1=O. The maximum atomic E-state index is 12.1. The van der Waals surface area contributed by atoms with Gasteiger partial charge in [0.2, 0.25) is 5.91 Å². The van der Waals surface area contributed by atoms with E-state index in [0.717, 1.165) is 5.56 Å². The van der Waals surface area contributed by atoms with Crippen LogP contribution in [-0.2, 0) is 16.2 Å². The number of likely N-dealkylation sites (N-methyl/N-ethyl adjacent to an activating group) is 1. The van der Waals surface area contributed by atoms with Gasteiger partial charge in [0.15, 0.2) is 18.1 Å². The van der Waals surface area contributed by atoms with Crippen molar-refractivity contribution >= 4 is 11.8 Å². The van der Waals surface area contributed by atoms with Gasteiger partial charge in [-0.15, -0.1) is 0 Å². The molecule has 0 radical (unpaired) electrons. The highest BCUT2D eigenvalue weighted by atomic mass is 16.5. The van der Waals surface area contributed by atoms with E-state index in [-0.39, 0.29) is 24.5 Å². The summed E-state index contributed by atoms with van der Waals surface area (Å²) < 4.78 is 11.4. The van der Waals surface area contributed by atoms with E-state index in [9.17, 15) is 9.59 Å². The number of rotatable bonds is 7. The Morgan fingerprint density at radius 1 is 1.08 bits per heavy atom. The van der Waals surface area contributed by atoms with Crippen molar-refractivity contribution < 1.29 is 19.1 Å². The summed E-state index contributed by atoms with van der Waals surface area (Å²) in [5.41, 5.74) is 1.05. The summed E-state index contributed by atoms with van der Waals surface area (Å²) in [5, 5.41) is 2.82. The number of nitrogens with zero attached hydrogens (tertiary/aromatic N) is 1. The van der Waals surface area contributed by atoms with Crippen LogP contribution < -0.4 is 14.8 Å². The van der Waals surface area contributed by atoms with Crippen LogP contribution in [0.25, 0.3) is 0 Å². The molecule has 3 rings (SSSR count). The molecule has 2 aromatic rings. The van der Waals surface area contributed by atoms with E-state index >= 15 is 0 Å². The molecule has 0 spiro atoms. The fourth-order valence-electron chi connectivity index (χ4n) is 2.80. The second kappa shape index (κ2) is 8.38. The molecule has 1 aliphatic heterocycles. The van der Waals surface area contributed by atoms with E-state index in [2.05, 4.69) is 5.32 Å². The average Bonchev–Trinajstić information content (AvgIpc) is 2.97. The third-order valence-electron chi connectivity index (χ3n) is 4.15. The third kappa shape index (κ3) is 4.75. The zero-order chi connectivity index (χ0) is 18.4. The van der Waals surface area contributed by atoms with Crippen molar-refractivity contribution in [3.63, 3.8) is 0 Å². The van der Waals surface area contributed by atoms with Crippen LogP contribution in [0.5, 0.6) is 11.5 Å². The second-order valence-corrected chi connectivity index (χ2v) is 6.25. The monoisotopic (exact) mass is 354 g/mol. The lowest BCUT2D eigenvalue weighted by Gasteiger charge is -2.15. The van der Waals surface area contributed by atoms with Crippen LogP contribution in [0, 0.1) is 0 Å². The number of hydrogen-bond acceptors (Lipinski definition) is 4. The summed E-state index contributed by atoms with van der Waals surface area (Å²) in [7, 11) is 1.73. The Bertz CT molecular complexity index is 763. The summed E-state index contributed by atoms with van der Waals surface area (Å²) in [5.74, 6) is 0.880. The molecule has 1 heterocycles. The molecule has 0 aliphatic carbocycles. The number of carbonyl (C=O) groups excluding carboxylic acids is 2. The van der Waals surface area contributed by atoms with Crippen molar-refractivity contribution in [3.05, 3.63) is 60.2 Å². The van der Waals surface area contributed by atoms with Gasteiger partial charge in [0.25, 0.3) is 5.91 Å². The topological polar surface area (TPSA) is 67.9 Å². The van der Waals surface area contributed by atoms with Gasteiger partial charge in [-0.3, -0.25) is 9.59 Å². The first-order chi connectivity index (χ1) is 12.6. The molecule has 136 valence electrons. The minimum absolute atomic E-state index is 0.0378.